The van der Waals surface area contributed by atoms with Gasteiger partial charge in [0.25, 0.3) is 0 Å². The lowest BCUT2D eigenvalue weighted by atomic mass is 9.87. The van der Waals surface area contributed by atoms with Crippen LogP contribution in [0.3, 0.4) is 0 Å². The summed E-state index contributed by atoms with van der Waals surface area (Å²) in [4.78, 5) is 0. The standard InChI is InChI=1S/C21H27/c1-13(2)18-10-19(14(3)4)12-20(11-18)21-16(6)8-15(5)9-17(21)7/h8-9,11-14H,1-7H3. The van der Waals surface area contributed by atoms with E-state index in [0.29, 0.717) is 11.8 Å². The van der Waals surface area contributed by atoms with Gasteiger partial charge >= 0.3 is 0 Å². The zero-order chi connectivity index (χ0) is 15.7. The van der Waals surface area contributed by atoms with Gasteiger partial charge in [-0.05, 0) is 72.1 Å². The smallest absolute Gasteiger partial charge is 0.0108 e. The van der Waals surface area contributed by atoms with E-state index in [1.54, 1.807) is 0 Å². The first-order valence-corrected chi connectivity index (χ1v) is 7.95. The van der Waals surface area contributed by atoms with Crippen LogP contribution in [-0.2, 0) is 0 Å². The van der Waals surface area contributed by atoms with Crippen molar-refractivity contribution in [1.29, 1.82) is 0 Å². The maximum absolute atomic E-state index is 3.60. The van der Waals surface area contributed by atoms with Crippen LogP contribution in [0.1, 0.15) is 67.3 Å². The summed E-state index contributed by atoms with van der Waals surface area (Å²) in [5.74, 6) is 1.02. The third-order valence-electron chi connectivity index (χ3n) is 4.12. The van der Waals surface area contributed by atoms with E-state index in [0.717, 1.165) is 0 Å². The number of benzene rings is 2. The molecule has 2 aromatic carbocycles. The molecule has 0 N–H and O–H groups in total. The van der Waals surface area contributed by atoms with E-state index in [1.807, 2.05) is 0 Å². The molecule has 0 nitrogen and oxygen atoms in total. The molecule has 0 saturated carbocycles. The van der Waals surface area contributed by atoms with E-state index >= 15 is 0 Å². The largest absolute Gasteiger partial charge is 0.0587 e. The first-order chi connectivity index (χ1) is 9.79. The molecule has 0 saturated heterocycles. The molecule has 0 bridgehead atoms. The van der Waals surface area contributed by atoms with Crippen LogP contribution in [0.15, 0.2) is 24.3 Å². The fourth-order valence-corrected chi connectivity index (χ4v) is 3.02. The number of rotatable bonds is 3. The molecular weight excluding hydrogens is 252 g/mol. The summed E-state index contributed by atoms with van der Waals surface area (Å²) in [5.41, 5.74) is 9.43. The third kappa shape index (κ3) is 3.37. The highest BCUT2D eigenvalue weighted by Gasteiger charge is 2.12. The van der Waals surface area contributed by atoms with Gasteiger partial charge in [0, 0.05) is 0 Å². The number of hydrogen-bond donors (Lipinski definition) is 0. The normalized spacial score (nSPS) is 11.5. The van der Waals surface area contributed by atoms with Crippen LogP contribution in [0.4, 0.5) is 0 Å². The Balaban J connectivity index is 2.69. The number of hydrogen-bond acceptors (Lipinski definition) is 0. The van der Waals surface area contributed by atoms with E-state index in [-0.39, 0.29) is 0 Å². The Bertz CT molecular complexity index is 596. The molecule has 0 amide bonds. The van der Waals surface area contributed by atoms with Gasteiger partial charge in [-0.2, -0.15) is 0 Å². The van der Waals surface area contributed by atoms with Gasteiger partial charge in [0.2, 0.25) is 0 Å². The van der Waals surface area contributed by atoms with Gasteiger partial charge in [-0.15, -0.1) is 0 Å². The molecule has 2 rings (SSSR count). The summed E-state index contributed by atoms with van der Waals surface area (Å²) in [6, 6.07) is 12.8. The highest BCUT2D eigenvalue weighted by atomic mass is 14.2. The lowest BCUT2D eigenvalue weighted by molar-refractivity contribution is 0.831. The molecule has 0 atom stereocenters. The second-order valence-electron chi connectivity index (χ2n) is 6.86. The summed E-state index contributed by atoms with van der Waals surface area (Å²) < 4.78 is 0. The highest BCUT2D eigenvalue weighted by molar-refractivity contribution is 5.72. The second kappa shape index (κ2) is 6.05. The van der Waals surface area contributed by atoms with Crippen LogP contribution in [0.2, 0.25) is 0 Å². The van der Waals surface area contributed by atoms with Crippen LogP contribution < -0.4 is 0 Å². The third-order valence-corrected chi connectivity index (χ3v) is 4.12. The SMILES string of the molecule is Cc1cc(C)c(-c2cc(C(C)C)[c]c(C(C)C)c2)c(C)c1. The van der Waals surface area contributed by atoms with Crippen molar-refractivity contribution in [2.75, 3.05) is 0 Å². The van der Waals surface area contributed by atoms with E-state index < -0.39 is 0 Å². The van der Waals surface area contributed by atoms with E-state index in [1.165, 1.54) is 38.9 Å². The highest BCUT2D eigenvalue weighted by Crippen LogP contribution is 2.33. The molecule has 0 spiro atoms. The minimum Gasteiger partial charge on any atom is -0.0587 e. The van der Waals surface area contributed by atoms with Gasteiger partial charge in [0.05, 0.1) is 0 Å². The Morgan fingerprint density at radius 3 is 1.52 bits per heavy atom. The van der Waals surface area contributed by atoms with Crippen LogP contribution in [0.25, 0.3) is 11.1 Å². The molecule has 0 aromatic heterocycles. The van der Waals surface area contributed by atoms with Crippen molar-refractivity contribution >= 4 is 0 Å². The molecule has 21 heavy (non-hydrogen) atoms. The average molecular weight is 279 g/mol. The Morgan fingerprint density at radius 2 is 1.14 bits per heavy atom. The molecule has 0 fully saturated rings. The topological polar surface area (TPSA) is 0 Å². The summed E-state index contributed by atoms with van der Waals surface area (Å²) >= 11 is 0. The molecule has 0 unspecified atom stereocenters. The van der Waals surface area contributed by atoms with Crippen molar-refractivity contribution < 1.29 is 0 Å². The van der Waals surface area contributed by atoms with Crippen LogP contribution in [0.5, 0.6) is 0 Å². The maximum atomic E-state index is 3.60. The molecule has 2 aromatic rings. The van der Waals surface area contributed by atoms with Crippen molar-refractivity contribution in [3.05, 3.63) is 58.1 Å². The number of aryl methyl sites for hydroxylation is 3. The van der Waals surface area contributed by atoms with E-state index in [9.17, 15) is 0 Å². The first-order valence-electron chi connectivity index (χ1n) is 7.95. The Kier molecular flexibility index (Phi) is 4.56. The van der Waals surface area contributed by atoms with E-state index in [2.05, 4.69) is 78.8 Å². The van der Waals surface area contributed by atoms with Gasteiger partial charge in [-0.3, -0.25) is 0 Å². The minimum atomic E-state index is 0.508. The van der Waals surface area contributed by atoms with Crippen molar-refractivity contribution in [3.63, 3.8) is 0 Å². The van der Waals surface area contributed by atoms with Crippen LogP contribution >= 0.6 is 0 Å². The van der Waals surface area contributed by atoms with Gasteiger partial charge in [-0.25, -0.2) is 0 Å². The Morgan fingerprint density at radius 1 is 0.714 bits per heavy atom. The quantitative estimate of drug-likeness (QED) is 0.616. The predicted octanol–water partition coefficient (Wildman–Crippen LogP) is 6.33. The summed E-state index contributed by atoms with van der Waals surface area (Å²) in [6.07, 6.45) is 0. The molecular formula is C21H27. The van der Waals surface area contributed by atoms with E-state index in [4.69, 9.17) is 0 Å². The second-order valence-corrected chi connectivity index (χ2v) is 6.86. The molecule has 0 heterocycles. The monoisotopic (exact) mass is 279 g/mol. The fraction of sp³-hybridized carbons (Fsp3) is 0.429. The van der Waals surface area contributed by atoms with Gasteiger partial charge in [0.1, 0.15) is 0 Å². The van der Waals surface area contributed by atoms with Gasteiger partial charge in [-0.1, -0.05) is 57.5 Å². The summed E-state index contributed by atoms with van der Waals surface area (Å²) in [6.45, 7) is 15.6. The van der Waals surface area contributed by atoms with Crippen molar-refractivity contribution in [2.45, 2.75) is 60.3 Å². The Labute approximate surface area is 130 Å². The molecule has 111 valence electrons. The lowest BCUT2D eigenvalue weighted by Gasteiger charge is -2.17. The maximum Gasteiger partial charge on any atom is -0.0108 e. The minimum absolute atomic E-state index is 0.508. The first kappa shape index (κ1) is 15.8. The van der Waals surface area contributed by atoms with Crippen molar-refractivity contribution in [3.8, 4) is 11.1 Å². The van der Waals surface area contributed by atoms with Crippen LogP contribution in [-0.4, -0.2) is 0 Å². The van der Waals surface area contributed by atoms with Crippen molar-refractivity contribution in [1.82, 2.24) is 0 Å². The predicted molar refractivity (Wildman–Crippen MR) is 93.1 cm³/mol. The summed E-state index contributed by atoms with van der Waals surface area (Å²) in [5, 5.41) is 0. The molecule has 1 radical (unpaired) electrons. The lowest BCUT2D eigenvalue weighted by Crippen LogP contribution is -1.98. The summed E-state index contributed by atoms with van der Waals surface area (Å²) in [7, 11) is 0. The Hall–Kier alpha value is -1.56. The average Bonchev–Trinajstić information content (AvgIpc) is 2.36. The van der Waals surface area contributed by atoms with Gasteiger partial charge in [0.15, 0.2) is 0 Å². The zero-order valence-corrected chi connectivity index (χ0v) is 14.5. The molecule has 0 heteroatoms. The molecule has 0 aliphatic carbocycles. The van der Waals surface area contributed by atoms with Crippen LogP contribution in [0, 0.1) is 26.8 Å². The van der Waals surface area contributed by atoms with Gasteiger partial charge < -0.3 is 0 Å². The fourth-order valence-electron chi connectivity index (χ4n) is 3.02. The zero-order valence-electron chi connectivity index (χ0n) is 14.5. The molecule has 0 aliphatic rings. The molecule has 0 aliphatic heterocycles. The van der Waals surface area contributed by atoms with Crippen molar-refractivity contribution in [2.24, 2.45) is 0 Å².